The Morgan fingerprint density at radius 3 is 2.53 bits per heavy atom. The number of nitrogens with one attached hydrogen (secondary N) is 1. The summed E-state index contributed by atoms with van der Waals surface area (Å²) in [5.41, 5.74) is 1.86. The van der Waals surface area contributed by atoms with E-state index in [1.807, 2.05) is 35.9 Å². The zero-order valence-corrected chi connectivity index (χ0v) is 18.1. The van der Waals surface area contributed by atoms with E-state index in [2.05, 4.69) is 25.3 Å². The second kappa shape index (κ2) is 10.3. The third kappa shape index (κ3) is 5.31. The van der Waals surface area contributed by atoms with E-state index in [1.165, 1.54) is 11.8 Å². The minimum Gasteiger partial charge on any atom is -0.379 e. The lowest BCUT2D eigenvalue weighted by molar-refractivity contribution is -0.113. The van der Waals surface area contributed by atoms with Crippen LogP contribution in [-0.4, -0.2) is 83.9 Å². The first-order valence-corrected chi connectivity index (χ1v) is 11.2. The zero-order valence-electron chi connectivity index (χ0n) is 17.2. The molecular formula is C20H28N6O3S. The van der Waals surface area contributed by atoms with Crippen molar-refractivity contribution in [3.8, 4) is 0 Å². The summed E-state index contributed by atoms with van der Waals surface area (Å²) in [6.45, 7) is 7.12. The molecule has 30 heavy (non-hydrogen) atoms. The molecule has 162 valence electrons. The van der Waals surface area contributed by atoms with E-state index >= 15 is 0 Å². The molecule has 0 aliphatic carbocycles. The molecule has 1 N–H and O–H groups in total. The fourth-order valence-electron chi connectivity index (χ4n) is 3.54. The van der Waals surface area contributed by atoms with Crippen molar-refractivity contribution >= 4 is 29.0 Å². The topological polar surface area (TPSA) is 84.8 Å². The van der Waals surface area contributed by atoms with Crippen molar-refractivity contribution in [2.45, 2.75) is 11.7 Å². The van der Waals surface area contributed by atoms with Gasteiger partial charge in [0.1, 0.15) is 5.82 Å². The van der Waals surface area contributed by atoms with Gasteiger partial charge in [0.2, 0.25) is 5.91 Å². The van der Waals surface area contributed by atoms with Crippen LogP contribution in [0.5, 0.6) is 0 Å². The largest absolute Gasteiger partial charge is 0.379 e. The molecule has 9 nitrogen and oxygen atoms in total. The predicted molar refractivity (Wildman–Crippen MR) is 116 cm³/mol. The molecule has 3 heterocycles. The van der Waals surface area contributed by atoms with Gasteiger partial charge >= 0.3 is 0 Å². The van der Waals surface area contributed by atoms with Crippen molar-refractivity contribution in [3.05, 3.63) is 30.1 Å². The number of carbonyl (C=O) groups excluding carboxylic acids is 1. The highest BCUT2D eigenvalue weighted by molar-refractivity contribution is 7.99. The number of para-hydroxylation sites is 2. The lowest BCUT2D eigenvalue weighted by atomic mass is 10.2. The lowest BCUT2D eigenvalue weighted by Gasteiger charge is -2.30. The zero-order chi connectivity index (χ0) is 20.8. The van der Waals surface area contributed by atoms with Gasteiger partial charge in [-0.25, -0.2) is 0 Å². The molecular weight excluding hydrogens is 404 g/mol. The fourth-order valence-corrected chi connectivity index (χ4v) is 4.27. The molecule has 2 saturated heterocycles. The Bertz CT molecular complexity index is 849. The van der Waals surface area contributed by atoms with Crippen molar-refractivity contribution in [2.24, 2.45) is 7.05 Å². The summed E-state index contributed by atoms with van der Waals surface area (Å²) in [6.07, 6.45) is 0. The Hall–Kier alpha value is -2.14. The van der Waals surface area contributed by atoms with Crippen LogP contribution >= 0.6 is 11.8 Å². The number of hydrogen-bond acceptors (Lipinski definition) is 8. The summed E-state index contributed by atoms with van der Waals surface area (Å²) in [6, 6.07) is 7.91. The molecule has 0 saturated carbocycles. The van der Waals surface area contributed by atoms with Gasteiger partial charge in [-0.3, -0.25) is 9.69 Å². The second-order valence-corrected chi connectivity index (χ2v) is 8.24. The van der Waals surface area contributed by atoms with Crippen LogP contribution in [0.25, 0.3) is 0 Å². The van der Waals surface area contributed by atoms with Gasteiger partial charge in [0.15, 0.2) is 5.16 Å². The number of carbonyl (C=O) groups is 1. The Morgan fingerprint density at radius 2 is 1.77 bits per heavy atom. The molecule has 2 fully saturated rings. The molecule has 1 amide bonds. The maximum absolute atomic E-state index is 12.6. The lowest BCUT2D eigenvalue weighted by Crippen LogP contribution is -2.36. The average molecular weight is 433 g/mol. The van der Waals surface area contributed by atoms with E-state index in [1.54, 1.807) is 0 Å². The minimum absolute atomic E-state index is 0.0570. The van der Waals surface area contributed by atoms with Crippen LogP contribution in [0, 0.1) is 0 Å². The highest BCUT2D eigenvalue weighted by Crippen LogP contribution is 2.27. The maximum atomic E-state index is 12.6. The van der Waals surface area contributed by atoms with E-state index in [4.69, 9.17) is 9.47 Å². The number of rotatable bonds is 7. The fraction of sp³-hybridized carbons (Fsp3) is 0.550. The van der Waals surface area contributed by atoms with E-state index in [0.717, 1.165) is 68.3 Å². The normalized spacial score (nSPS) is 17.8. The Balaban J connectivity index is 1.32. The number of amides is 1. The molecule has 2 aromatic rings. The van der Waals surface area contributed by atoms with E-state index in [0.29, 0.717) is 13.2 Å². The maximum Gasteiger partial charge on any atom is 0.234 e. The van der Waals surface area contributed by atoms with Crippen LogP contribution in [0.1, 0.15) is 5.82 Å². The smallest absolute Gasteiger partial charge is 0.234 e. The van der Waals surface area contributed by atoms with Gasteiger partial charge in [0.05, 0.1) is 50.1 Å². The molecule has 1 aromatic carbocycles. The van der Waals surface area contributed by atoms with Crippen LogP contribution in [-0.2, 0) is 27.9 Å². The Kier molecular flexibility index (Phi) is 7.21. The summed E-state index contributed by atoms with van der Waals surface area (Å²) in [4.78, 5) is 17.1. The van der Waals surface area contributed by atoms with Gasteiger partial charge in [-0.1, -0.05) is 23.9 Å². The Labute approximate surface area is 180 Å². The summed E-state index contributed by atoms with van der Waals surface area (Å²) in [5, 5.41) is 12.4. The van der Waals surface area contributed by atoms with Crippen LogP contribution in [0.4, 0.5) is 11.4 Å². The number of morpholine rings is 2. The van der Waals surface area contributed by atoms with Gasteiger partial charge in [-0.2, -0.15) is 0 Å². The number of aromatic nitrogens is 3. The second-order valence-electron chi connectivity index (χ2n) is 7.30. The van der Waals surface area contributed by atoms with E-state index in [9.17, 15) is 4.79 Å². The monoisotopic (exact) mass is 432 g/mol. The first-order chi connectivity index (χ1) is 14.7. The van der Waals surface area contributed by atoms with Gasteiger partial charge < -0.3 is 24.3 Å². The highest BCUT2D eigenvalue weighted by Gasteiger charge is 2.18. The van der Waals surface area contributed by atoms with Gasteiger partial charge in [-0.05, 0) is 12.1 Å². The standard InChI is InChI=1S/C20H28N6O3S/c1-24-18(14-25-6-10-28-11-7-25)22-23-20(24)30-15-19(27)21-16-4-2-3-5-17(16)26-8-12-29-13-9-26/h2-5H,6-15H2,1H3,(H,21,27). The van der Waals surface area contributed by atoms with Gasteiger partial charge in [-0.15, -0.1) is 10.2 Å². The molecule has 1 aromatic heterocycles. The first kappa shape index (κ1) is 21.1. The number of ether oxygens (including phenoxy) is 2. The molecule has 0 atom stereocenters. The quantitative estimate of drug-likeness (QED) is 0.654. The molecule has 0 bridgehead atoms. The minimum atomic E-state index is -0.0570. The number of thioether (sulfide) groups is 1. The molecule has 2 aliphatic rings. The molecule has 0 radical (unpaired) electrons. The van der Waals surface area contributed by atoms with Gasteiger partial charge in [0.25, 0.3) is 0 Å². The molecule has 2 aliphatic heterocycles. The highest BCUT2D eigenvalue weighted by atomic mass is 32.2. The first-order valence-electron chi connectivity index (χ1n) is 10.2. The summed E-state index contributed by atoms with van der Waals surface area (Å²) in [5.74, 6) is 1.12. The third-order valence-corrected chi connectivity index (χ3v) is 6.28. The number of hydrogen-bond donors (Lipinski definition) is 1. The van der Waals surface area contributed by atoms with Crippen LogP contribution in [0.2, 0.25) is 0 Å². The molecule has 0 unspecified atom stereocenters. The van der Waals surface area contributed by atoms with Crippen LogP contribution < -0.4 is 10.2 Å². The van der Waals surface area contributed by atoms with E-state index < -0.39 is 0 Å². The van der Waals surface area contributed by atoms with Crippen LogP contribution in [0.3, 0.4) is 0 Å². The molecule has 0 spiro atoms. The number of nitrogens with zero attached hydrogens (tertiary/aromatic N) is 5. The van der Waals surface area contributed by atoms with Crippen LogP contribution in [0.15, 0.2) is 29.4 Å². The summed E-state index contributed by atoms with van der Waals surface area (Å²) < 4.78 is 12.8. The van der Waals surface area contributed by atoms with E-state index in [-0.39, 0.29) is 11.7 Å². The van der Waals surface area contributed by atoms with Crippen molar-refractivity contribution < 1.29 is 14.3 Å². The predicted octanol–water partition coefficient (Wildman–Crippen LogP) is 1.21. The van der Waals surface area contributed by atoms with Crippen molar-refractivity contribution in [2.75, 3.05) is 68.6 Å². The molecule has 4 rings (SSSR count). The van der Waals surface area contributed by atoms with Gasteiger partial charge in [0, 0.05) is 33.2 Å². The van der Waals surface area contributed by atoms with Crippen molar-refractivity contribution in [3.63, 3.8) is 0 Å². The average Bonchev–Trinajstić information content (AvgIpc) is 3.13. The van der Waals surface area contributed by atoms with Crippen molar-refractivity contribution in [1.29, 1.82) is 0 Å². The SMILES string of the molecule is Cn1c(CN2CCOCC2)nnc1SCC(=O)Nc1ccccc1N1CCOCC1. The summed E-state index contributed by atoms with van der Waals surface area (Å²) >= 11 is 1.40. The molecule has 10 heteroatoms. The third-order valence-electron chi connectivity index (χ3n) is 5.26. The summed E-state index contributed by atoms with van der Waals surface area (Å²) in [7, 11) is 1.95. The number of anilines is 2. The van der Waals surface area contributed by atoms with Crippen molar-refractivity contribution in [1.82, 2.24) is 19.7 Å². The Morgan fingerprint density at radius 1 is 1.07 bits per heavy atom. The number of benzene rings is 1.